The molecule has 0 aromatic heterocycles. The average molecular weight is 256 g/mol. The summed E-state index contributed by atoms with van der Waals surface area (Å²) in [5.74, 6) is 0.146. The zero-order chi connectivity index (χ0) is 13.7. The van der Waals surface area contributed by atoms with Gasteiger partial charge in [-0.05, 0) is 24.3 Å². The summed E-state index contributed by atoms with van der Waals surface area (Å²) in [6.45, 7) is 0.151. The van der Waals surface area contributed by atoms with Gasteiger partial charge >= 0.3 is 0 Å². The van der Waals surface area contributed by atoms with E-state index in [9.17, 15) is 4.39 Å². The Morgan fingerprint density at radius 3 is 2.68 bits per heavy atom. The van der Waals surface area contributed by atoms with Gasteiger partial charge in [-0.15, -0.1) is 0 Å². The predicted molar refractivity (Wildman–Crippen MR) is 70.0 cm³/mol. The molecule has 0 aliphatic heterocycles. The fourth-order valence-corrected chi connectivity index (χ4v) is 1.78. The SMILES string of the molecule is N#Cc1cccc(OC(CN)c2ccccc2F)c1. The molecule has 2 rings (SSSR count). The van der Waals surface area contributed by atoms with Gasteiger partial charge in [0.25, 0.3) is 0 Å². The molecule has 2 N–H and O–H groups in total. The minimum Gasteiger partial charge on any atom is -0.484 e. The smallest absolute Gasteiger partial charge is 0.139 e. The highest BCUT2D eigenvalue weighted by molar-refractivity contribution is 5.36. The van der Waals surface area contributed by atoms with Crippen molar-refractivity contribution in [1.29, 1.82) is 5.26 Å². The number of hydrogen-bond donors (Lipinski definition) is 1. The van der Waals surface area contributed by atoms with E-state index in [0.717, 1.165) is 0 Å². The third-order valence-electron chi connectivity index (χ3n) is 2.71. The van der Waals surface area contributed by atoms with Crippen LogP contribution in [0.5, 0.6) is 5.75 Å². The molecule has 19 heavy (non-hydrogen) atoms. The van der Waals surface area contributed by atoms with Crippen LogP contribution < -0.4 is 10.5 Å². The van der Waals surface area contributed by atoms with Crippen LogP contribution in [-0.4, -0.2) is 6.54 Å². The van der Waals surface area contributed by atoms with Crippen LogP contribution in [0.1, 0.15) is 17.2 Å². The molecule has 0 fully saturated rings. The summed E-state index contributed by atoms with van der Waals surface area (Å²) >= 11 is 0. The maximum absolute atomic E-state index is 13.7. The van der Waals surface area contributed by atoms with Crippen LogP contribution in [0.3, 0.4) is 0 Å². The molecule has 0 saturated carbocycles. The second-order valence-corrected chi connectivity index (χ2v) is 4.00. The number of halogens is 1. The number of rotatable bonds is 4. The van der Waals surface area contributed by atoms with Crippen molar-refractivity contribution < 1.29 is 9.13 Å². The van der Waals surface area contributed by atoms with Crippen LogP contribution in [0.4, 0.5) is 4.39 Å². The van der Waals surface area contributed by atoms with Crippen molar-refractivity contribution >= 4 is 0 Å². The van der Waals surface area contributed by atoms with E-state index in [4.69, 9.17) is 15.7 Å². The zero-order valence-electron chi connectivity index (χ0n) is 10.2. The largest absolute Gasteiger partial charge is 0.484 e. The lowest BCUT2D eigenvalue weighted by Crippen LogP contribution is -2.19. The average Bonchev–Trinajstić information content (AvgIpc) is 2.46. The molecule has 0 aliphatic rings. The van der Waals surface area contributed by atoms with Crippen molar-refractivity contribution in [2.45, 2.75) is 6.10 Å². The molecular weight excluding hydrogens is 243 g/mol. The van der Waals surface area contributed by atoms with Crippen molar-refractivity contribution in [2.24, 2.45) is 5.73 Å². The molecule has 1 atom stereocenters. The summed E-state index contributed by atoms with van der Waals surface area (Å²) in [5.41, 5.74) is 6.53. The van der Waals surface area contributed by atoms with Crippen LogP contribution >= 0.6 is 0 Å². The maximum atomic E-state index is 13.7. The van der Waals surface area contributed by atoms with E-state index in [1.165, 1.54) is 6.07 Å². The Bertz CT molecular complexity index is 607. The molecule has 0 heterocycles. The maximum Gasteiger partial charge on any atom is 0.139 e. The first-order valence-corrected chi connectivity index (χ1v) is 5.86. The minimum absolute atomic E-state index is 0.151. The normalized spacial score (nSPS) is 11.6. The number of benzene rings is 2. The zero-order valence-corrected chi connectivity index (χ0v) is 10.2. The quantitative estimate of drug-likeness (QED) is 0.915. The Labute approximate surface area is 111 Å². The van der Waals surface area contributed by atoms with E-state index >= 15 is 0 Å². The van der Waals surface area contributed by atoms with E-state index < -0.39 is 6.10 Å². The Kier molecular flexibility index (Phi) is 4.11. The molecule has 96 valence electrons. The van der Waals surface area contributed by atoms with E-state index in [-0.39, 0.29) is 12.4 Å². The fourth-order valence-electron chi connectivity index (χ4n) is 1.78. The molecule has 0 bridgehead atoms. The molecule has 0 radical (unpaired) electrons. The molecule has 2 aromatic rings. The Hall–Kier alpha value is -2.38. The highest BCUT2D eigenvalue weighted by Crippen LogP contribution is 2.23. The standard InChI is InChI=1S/C15H13FN2O/c16-14-7-2-1-6-13(14)15(10-18)19-12-5-3-4-11(8-12)9-17/h1-8,15H,10,18H2. The van der Waals surface area contributed by atoms with Crippen molar-refractivity contribution in [1.82, 2.24) is 0 Å². The molecule has 0 aliphatic carbocycles. The van der Waals surface area contributed by atoms with E-state index in [1.807, 2.05) is 6.07 Å². The van der Waals surface area contributed by atoms with Gasteiger partial charge in [-0.2, -0.15) is 5.26 Å². The number of hydrogen-bond acceptors (Lipinski definition) is 3. The van der Waals surface area contributed by atoms with Crippen LogP contribution in [0.2, 0.25) is 0 Å². The van der Waals surface area contributed by atoms with Crippen molar-refractivity contribution in [2.75, 3.05) is 6.54 Å². The van der Waals surface area contributed by atoms with Crippen LogP contribution in [-0.2, 0) is 0 Å². The van der Waals surface area contributed by atoms with Crippen LogP contribution in [0.25, 0.3) is 0 Å². The molecule has 0 spiro atoms. The van der Waals surface area contributed by atoms with Gasteiger partial charge in [0, 0.05) is 12.1 Å². The fraction of sp³-hybridized carbons (Fsp3) is 0.133. The minimum atomic E-state index is -0.574. The lowest BCUT2D eigenvalue weighted by molar-refractivity contribution is 0.209. The summed E-state index contributed by atoms with van der Waals surface area (Å²) in [6.07, 6.45) is -0.574. The Morgan fingerprint density at radius 2 is 2.00 bits per heavy atom. The van der Waals surface area contributed by atoms with Gasteiger partial charge in [-0.1, -0.05) is 24.3 Å². The number of nitriles is 1. The lowest BCUT2D eigenvalue weighted by atomic mass is 10.1. The molecule has 4 heteroatoms. The Morgan fingerprint density at radius 1 is 1.21 bits per heavy atom. The van der Waals surface area contributed by atoms with E-state index in [0.29, 0.717) is 16.9 Å². The molecule has 0 amide bonds. The van der Waals surface area contributed by atoms with Gasteiger partial charge in [-0.25, -0.2) is 4.39 Å². The van der Waals surface area contributed by atoms with Gasteiger partial charge in [0.15, 0.2) is 0 Å². The van der Waals surface area contributed by atoms with Gasteiger partial charge in [0.2, 0.25) is 0 Å². The third kappa shape index (κ3) is 3.09. The summed E-state index contributed by atoms with van der Waals surface area (Å²) in [6, 6.07) is 15.1. The van der Waals surface area contributed by atoms with Gasteiger partial charge < -0.3 is 10.5 Å². The first-order valence-electron chi connectivity index (χ1n) is 5.86. The first kappa shape index (κ1) is 13.1. The van der Waals surface area contributed by atoms with Crippen molar-refractivity contribution in [3.8, 4) is 11.8 Å². The first-order chi connectivity index (χ1) is 9.24. The number of nitrogens with two attached hydrogens (primary N) is 1. The summed E-state index contributed by atoms with van der Waals surface area (Å²) in [5, 5.41) is 8.82. The number of ether oxygens (including phenoxy) is 1. The van der Waals surface area contributed by atoms with Gasteiger partial charge in [0.05, 0.1) is 11.6 Å². The molecular formula is C15H13FN2O. The van der Waals surface area contributed by atoms with Gasteiger partial charge in [-0.3, -0.25) is 0 Å². The number of nitrogens with zero attached hydrogens (tertiary/aromatic N) is 1. The highest BCUT2D eigenvalue weighted by Gasteiger charge is 2.15. The molecule has 0 saturated heterocycles. The molecule has 1 unspecified atom stereocenters. The predicted octanol–water partition coefficient (Wildman–Crippen LogP) is 2.78. The summed E-state index contributed by atoms with van der Waals surface area (Å²) < 4.78 is 19.3. The van der Waals surface area contributed by atoms with Gasteiger partial charge in [0.1, 0.15) is 17.7 Å². The molecule has 3 nitrogen and oxygen atoms in total. The van der Waals surface area contributed by atoms with Crippen LogP contribution in [0.15, 0.2) is 48.5 Å². The lowest BCUT2D eigenvalue weighted by Gasteiger charge is -2.18. The monoisotopic (exact) mass is 256 g/mol. The second kappa shape index (κ2) is 5.98. The summed E-state index contributed by atoms with van der Waals surface area (Å²) in [4.78, 5) is 0. The third-order valence-corrected chi connectivity index (χ3v) is 2.71. The summed E-state index contributed by atoms with van der Waals surface area (Å²) in [7, 11) is 0. The van der Waals surface area contributed by atoms with Crippen molar-refractivity contribution in [3.05, 3.63) is 65.5 Å². The van der Waals surface area contributed by atoms with Crippen molar-refractivity contribution in [3.63, 3.8) is 0 Å². The van der Waals surface area contributed by atoms with E-state index in [2.05, 4.69) is 0 Å². The van der Waals surface area contributed by atoms with Crippen LogP contribution in [0, 0.1) is 17.1 Å². The topological polar surface area (TPSA) is 59.0 Å². The highest BCUT2D eigenvalue weighted by atomic mass is 19.1. The Balaban J connectivity index is 2.24. The molecule has 2 aromatic carbocycles. The van der Waals surface area contributed by atoms with E-state index in [1.54, 1.807) is 42.5 Å². The second-order valence-electron chi connectivity index (χ2n) is 4.00.